The Kier molecular flexibility index (Phi) is 5.50. The van der Waals surface area contributed by atoms with E-state index in [1.807, 2.05) is 19.9 Å². The molecular weight excluding hydrogens is 420 g/mol. The van der Waals surface area contributed by atoms with Gasteiger partial charge >= 0.3 is 5.76 Å². The van der Waals surface area contributed by atoms with Crippen molar-refractivity contribution in [3.8, 4) is 0 Å². The highest BCUT2D eigenvalue weighted by atomic mass is 32.2. The smallest absolute Gasteiger partial charge is 0.408 e. The first kappa shape index (κ1) is 21.4. The number of aromatic nitrogens is 3. The lowest BCUT2D eigenvalue weighted by Gasteiger charge is -2.18. The van der Waals surface area contributed by atoms with Gasteiger partial charge in [-0.3, -0.25) is 14.0 Å². The molecule has 1 atom stereocenters. The molecule has 10 heteroatoms. The van der Waals surface area contributed by atoms with Crippen molar-refractivity contribution >= 4 is 26.8 Å². The van der Waals surface area contributed by atoms with Gasteiger partial charge in [-0.1, -0.05) is 12.1 Å². The van der Waals surface area contributed by atoms with E-state index in [0.717, 1.165) is 17.0 Å². The first-order chi connectivity index (χ1) is 14.7. The van der Waals surface area contributed by atoms with E-state index in [0.29, 0.717) is 24.1 Å². The Labute approximate surface area is 180 Å². The summed E-state index contributed by atoms with van der Waals surface area (Å²) in [6.45, 7) is 4.39. The van der Waals surface area contributed by atoms with Crippen molar-refractivity contribution in [2.24, 2.45) is 0 Å². The van der Waals surface area contributed by atoms with Gasteiger partial charge in [0, 0.05) is 37.8 Å². The monoisotopic (exact) mass is 446 g/mol. The fraction of sp³-hybridized carbons (Fsp3) is 0.476. The highest BCUT2D eigenvalue weighted by Gasteiger charge is 2.31. The molecule has 1 saturated heterocycles. The minimum absolute atomic E-state index is 0.104. The van der Waals surface area contributed by atoms with Crippen molar-refractivity contribution in [3.63, 3.8) is 0 Å². The average molecular weight is 447 g/mol. The molecule has 4 rings (SSSR count). The van der Waals surface area contributed by atoms with Crippen LogP contribution in [0.25, 0.3) is 11.1 Å². The highest BCUT2D eigenvalue weighted by Crippen LogP contribution is 2.27. The molecular formula is C21H26N4O5S. The molecule has 0 aliphatic carbocycles. The first-order valence-corrected chi connectivity index (χ1v) is 12.1. The van der Waals surface area contributed by atoms with Crippen LogP contribution in [0.15, 0.2) is 33.5 Å². The van der Waals surface area contributed by atoms with Gasteiger partial charge in [-0.05, 0) is 32.4 Å². The number of carbonyl (C=O) groups excluding carboxylic acids is 1. The Morgan fingerprint density at radius 3 is 2.74 bits per heavy atom. The number of nitrogens with zero attached hydrogens (tertiary/aromatic N) is 4. The number of hydrogen-bond acceptors (Lipinski definition) is 6. The van der Waals surface area contributed by atoms with Crippen LogP contribution >= 0.6 is 0 Å². The molecule has 3 aromatic rings. The van der Waals surface area contributed by atoms with E-state index in [4.69, 9.17) is 4.42 Å². The maximum absolute atomic E-state index is 12.7. The van der Waals surface area contributed by atoms with Crippen molar-refractivity contribution in [2.75, 3.05) is 18.6 Å². The van der Waals surface area contributed by atoms with Gasteiger partial charge in [-0.15, -0.1) is 0 Å². The van der Waals surface area contributed by atoms with E-state index in [1.165, 1.54) is 4.57 Å². The number of benzene rings is 1. The maximum atomic E-state index is 12.7. The Morgan fingerprint density at radius 2 is 2.03 bits per heavy atom. The summed E-state index contributed by atoms with van der Waals surface area (Å²) in [5, 5.41) is 4.56. The van der Waals surface area contributed by atoms with Gasteiger partial charge in [-0.25, -0.2) is 13.2 Å². The number of carbonyl (C=O) groups is 1. The number of oxazole rings is 1. The van der Waals surface area contributed by atoms with Crippen LogP contribution in [0.3, 0.4) is 0 Å². The largest absolute Gasteiger partial charge is 0.419 e. The number of hydrogen-bond donors (Lipinski definition) is 0. The topological polar surface area (TPSA) is 107 Å². The summed E-state index contributed by atoms with van der Waals surface area (Å²) in [5.74, 6) is -0.286. The Balaban J connectivity index is 1.44. The summed E-state index contributed by atoms with van der Waals surface area (Å²) in [7, 11) is -1.29. The first-order valence-electron chi connectivity index (χ1n) is 10.2. The molecule has 0 N–H and O–H groups in total. The molecule has 1 aliphatic rings. The predicted octanol–water partition coefficient (Wildman–Crippen LogP) is 1.82. The molecule has 1 fully saturated rings. The summed E-state index contributed by atoms with van der Waals surface area (Å²) in [5.41, 5.74) is 3.77. The van der Waals surface area contributed by atoms with Crippen molar-refractivity contribution in [1.29, 1.82) is 0 Å². The Morgan fingerprint density at radius 1 is 1.29 bits per heavy atom. The second-order valence-electron chi connectivity index (χ2n) is 8.14. The SMILES string of the molecule is Cc1nn([C@@H]2CCS(=O)(=O)C2)c(C)c1CN(C)C(=O)CCn1c(=O)oc2ccccc21. The molecule has 1 aromatic carbocycles. The van der Waals surface area contributed by atoms with Crippen LogP contribution < -0.4 is 5.76 Å². The van der Waals surface area contributed by atoms with Gasteiger partial charge in [0.05, 0.1) is 28.8 Å². The third-order valence-electron chi connectivity index (χ3n) is 5.97. The van der Waals surface area contributed by atoms with E-state index in [1.54, 1.807) is 34.8 Å². The number of para-hydroxylation sites is 2. The minimum Gasteiger partial charge on any atom is -0.408 e. The third-order valence-corrected chi connectivity index (χ3v) is 7.72. The average Bonchev–Trinajstić information content (AvgIpc) is 3.33. The molecule has 31 heavy (non-hydrogen) atoms. The number of amides is 1. The van der Waals surface area contributed by atoms with E-state index in [2.05, 4.69) is 5.10 Å². The van der Waals surface area contributed by atoms with Crippen LogP contribution in [0.4, 0.5) is 0 Å². The molecule has 166 valence electrons. The summed E-state index contributed by atoms with van der Waals surface area (Å²) in [6.07, 6.45) is 0.721. The van der Waals surface area contributed by atoms with E-state index < -0.39 is 15.6 Å². The minimum atomic E-state index is -3.01. The van der Waals surface area contributed by atoms with Crippen molar-refractivity contribution < 1.29 is 17.6 Å². The second-order valence-corrected chi connectivity index (χ2v) is 10.4. The van der Waals surface area contributed by atoms with Gasteiger partial charge in [0.2, 0.25) is 5.91 Å². The van der Waals surface area contributed by atoms with Crippen LogP contribution in [-0.2, 0) is 27.7 Å². The Hall–Kier alpha value is -2.88. The van der Waals surface area contributed by atoms with Crippen molar-refractivity contribution in [2.45, 2.75) is 45.8 Å². The van der Waals surface area contributed by atoms with Crippen LogP contribution in [0.5, 0.6) is 0 Å². The maximum Gasteiger partial charge on any atom is 0.419 e. The van der Waals surface area contributed by atoms with Crippen molar-refractivity contribution in [3.05, 3.63) is 51.8 Å². The van der Waals surface area contributed by atoms with Gasteiger partial charge in [0.1, 0.15) is 0 Å². The standard InChI is InChI=1S/C21H26N4O5S/c1-14-17(15(2)25(22-14)16-9-11-31(28,29)13-16)12-23(3)20(26)8-10-24-18-6-4-5-7-19(18)30-21(24)27/h4-7,16H,8-13H2,1-3H3/t16-/m1/s1. The fourth-order valence-electron chi connectivity index (χ4n) is 4.20. The number of rotatable bonds is 6. The molecule has 0 unspecified atom stereocenters. The summed E-state index contributed by atoms with van der Waals surface area (Å²) >= 11 is 0. The van der Waals surface area contributed by atoms with E-state index in [-0.39, 0.29) is 36.4 Å². The fourth-order valence-corrected chi connectivity index (χ4v) is 5.89. The van der Waals surface area contributed by atoms with Gasteiger partial charge in [-0.2, -0.15) is 5.10 Å². The molecule has 1 aliphatic heterocycles. The molecule has 0 bridgehead atoms. The zero-order valence-corrected chi connectivity index (χ0v) is 18.7. The van der Waals surface area contributed by atoms with Crippen LogP contribution in [0, 0.1) is 13.8 Å². The molecule has 3 heterocycles. The summed E-state index contributed by atoms with van der Waals surface area (Å²) in [4.78, 5) is 26.4. The number of aryl methyl sites for hydroxylation is 2. The van der Waals surface area contributed by atoms with Crippen LogP contribution in [0.1, 0.15) is 35.8 Å². The summed E-state index contributed by atoms with van der Waals surface area (Å²) in [6, 6.07) is 6.97. The van der Waals surface area contributed by atoms with Crippen LogP contribution in [0.2, 0.25) is 0 Å². The van der Waals surface area contributed by atoms with Crippen molar-refractivity contribution in [1.82, 2.24) is 19.2 Å². The highest BCUT2D eigenvalue weighted by molar-refractivity contribution is 7.91. The van der Waals surface area contributed by atoms with E-state index >= 15 is 0 Å². The lowest BCUT2D eigenvalue weighted by molar-refractivity contribution is -0.130. The molecule has 0 saturated carbocycles. The normalized spacial score (nSPS) is 18.0. The van der Waals surface area contributed by atoms with E-state index in [9.17, 15) is 18.0 Å². The zero-order chi connectivity index (χ0) is 22.3. The lowest BCUT2D eigenvalue weighted by atomic mass is 10.1. The summed E-state index contributed by atoms with van der Waals surface area (Å²) < 4.78 is 32.1. The van der Waals surface area contributed by atoms with Gasteiger partial charge < -0.3 is 9.32 Å². The third kappa shape index (κ3) is 4.16. The van der Waals surface area contributed by atoms with Gasteiger partial charge in [0.25, 0.3) is 0 Å². The van der Waals surface area contributed by atoms with Crippen LogP contribution in [-0.4, -0.2) is 52.1 Å². The lowest BCUT2D eigenvalue weighted by Crippen LogP contribution is -2.28. The van der Waals surface area contributed by atoms with Gasteiger partial charge in [0.15, 0.2) is 15.4 Å². The Bertz CT molecular complexity index is 1300. The molecule has 2 aromatic heterocycles. The molecule has 0 radical (unpaired) electrons. The second kappa shape index (κ2) is 7.99. The number of sulfone groups is 1. The number of fused-ring (bicyclic) bond motifs is 1. The molecule has 9 nitrogen and oxygen atoms in total. The molecule has 0 spiro atoms. The quantitative estimate of drug-likeness (QED) is 0.572. The molecule has 1 amide bonds. The zero-order valence-electron chi connectivity index (χ0n) is 17.9. The predicted molar refractivity (Wildman–Crippen MR) is 116 cm³/mol.